The summed E-state index contributed by atoms with van der Waals surface area (Å²) in [6.07, 6.45) is -2.46. The molecule has 2 rings (SSSR count). The Labute approximate surface area is 107 Å². The van der Waals surface area contributed by atoms with Crippen LogP contribution in [0.15, 0.2) is 41.4 Å². The van der Waals surface area contributed by atoms with Gasteiger partial charge >= 0.3 is 6.18 Å². The smallest absolute Gasteiger partial charge is 0.229 e. The number of hydrogen-bond acceptors (Lipinski definition) is 3. The average molecular weight is 290 g/mol. The minimum Gasteiger partial charge on any atom is -0.229 e. The molecule has 0 aliphatic rings. The standard InChI is InChI=1S/C11H9F3N2O2S/c1-19(17,18)9-4-2-8(3-5-9)16-10(6-7-15-16)11(12,13)14/h2-7H,1H3. The monoisotopic (exact) mass is 290 g/mol. The normalized spacial score (nSPS) is 12.6. The summed E-state index contributed by atoms with van der Waals surface area (Å²) in [5, 5.41) is 3.59. The molecular weight excluding hydrogens is 281 g/mol. The highest BCUT2D eigenvalue weighted by Gasteiger charge is 2.35. The van der Waals surface area contributed by atoms with Gasteiger partial charge in [-0.3, -0.25) is 0 Å². The van der Waals surface area contributed by atoms with Crippen LogP contribution in [-0.4, -0.2) is 24.5 Å². The van der Waals surface area contributed by atoms with Crippen LogP contribution in [0, 0.1) is 0 Å². The number of alkyl halides is 3. The molecule has 8 heteroatoms. The lowest BCUT2D eigenvalue weighted by molar-refractivity contribution is -0.142. The maximum atomic E-state index is 12.7. The van der Waals surface area contributed by atoms with E-state index in [0.717, 1.165) is 18.5 Å². The molecule has 2 aromatic rings. The van der Waals surface area contributed by atoms with Crippen molar-refractivity contribution in [3.63, 3.8) is 0 Å². The third kappa shape index (κ3) is 2.78. The number of halogens is 3. The lowest BCUT2D eigenvalue weighted by atomic mass is 10.3. The topological polar surface area (TPSA) is 52.0 Å². The van der Waals surface area contributed by atoms with Gasteiger partial charge in [0.05, 0.1) is 16.8 Å². The van der Waals surface area contributed by atoms with Crippen molar-refractivity contribution in [2.75, 3.05) is 6.26 Å². The van der Waals surface area contributed by atoms with E-state index in [0.29, 0.717) is 4.68 Å². The number of sulfone groups is 1. The molecule has 1 heterocycles. The fourth-order valence-electron chi connectivity index (χ4n) is 1.56. The van der Waals surface area contributed by atoms with Gasteiger partial charge in [0.25, 0.3) is 0 Å². The molecule has 0 fully saturated rings. The first-order valence-corrected chi connectivity index (χ1v) is 7.00. The van der Waals surface area contributed by atoms with Crippen LogP contribution >= 0.6 is 0 Å². The van der Waals surface area contributed by atoms with Crippen molar-refractivity contribution in [2.45, 2.75) is 11.1 Å². The van der Waals surface area contributed by atoms with Gasteiger partial charge in [-0.25, -0.2) is 13.1 Å². The average Bonchev–Trinajstić information content (AvgIpc) is 2.76. The predicted octanol–water partition coefficient (Wildman–Crippen LogP) is 2.29. The van der Waals surface area contributed by atoms with E-state index in [1.165, 1.54) is 24.3 Å². The summed E-state index contributed by atoms with van der Waals surface area (Å²) in [5.41, 5.74) is -0.774. The molecule has 0 unspecified atom stereocenters. The summed E-state index contributed by atoms with van der Waals surface area (Å²) in [6.45, 7) is 0. The van der Waals surface area contributed by atoms with E-state index in [9.17, 15) is 21.6 Å². The van der Waals surface area contributed by atoms with Crippen LogP contribution in [0.4, 0.5) is 13.2 Å². The van der Waals surface area contributed by atoms with Gasteiger partial charge in [0.1, 0.15) is 5.69 Å². The summed E-state index contributed by atoms with van der Waals surface area (Å²) >= 11 is 0. The minimum absolute atomic E-state index is 0.0389. The second-order valence-electron chi connectivity index (χ2n) is 3.89. The Hall–Kier alpha value is -1.83. The molecule has 0 atom stereocenters. The van der Waals surface area contributed by atoms with Crippen LogP contribution in [0.1, 0.15) is 5.69 Å². The van der Waals surface area contributed by atoms with E-state index in [2.05, 4.69) is 5.10 Å². The van der Waals surface area contributed by atoms with E-state index in [1.807, 2.05) is 0 Å². The van der Waals surface area contributed by atoms with Crippen molar-refractivity contribution in [1.82, 2.24) is 9.78 Å². The van der Waals surface area contributed by atoms with Crippen molar-refractivity contribution in [1.29, 1.82) is 0 Å². The molecule has 1 aromatic carbocycles. The molecule has 0 radical (unpaired) electrons. The Morgan fingerprint density at radius 3 is 2.16 bits per heavy atom. The molecular formula is C11H9F3N2O2S. The summed E-state index contributed by atoms with van der Waals surface area (Å²) in [6, 6.07) is 5.89. The second-order valence-corrected chi connectivity index (χ2v) is 5.91. The second kappa shape index (κ2) is 4.37. The summed E-state index contributed by atoms with van der Waals surface area (Å²) < 4.78 is 61.3. The van der Waals surface area contributed by atoms with Gasteiger partial charge in [0.15, 0.2) is 9.84 Å². The van der Waals surface area contributed by atoms with E-state index < -0.39 is 21.7 Å². The number of aromatic nitrogens is 2. The van der Waals surface area contributed by atoms with Gasteiger partial charge in [-0.2, -0.15) is 18.3 Å². The summed E-state index contributed by atoms with van der Waals surface area (Å²) in [7, 11) is -3.38. The third-order valence-corrected chi connectivity index (χ3v) is 3.57. The fourth-order valence-corrected chi connectivity index (χ4v) is 2.19. The summed E-state index contributed by atoms with van der Waals surface area (Å²) in [4.78, 5) is 0.0389. The number of nitrogens with zero attached hydrogens (tertiary/aromatic N) is 2. The predicted molar refractivity (Wildman–Crippen MR) is 61.7 cm³/mol. The van der Waals surface area contributed by atoms with Gasteiger partial charge < -0.3 is 0 Å². The summed E-state index contributed by atoms with van der Waals surface area (Å²) in [5.74, 6) is 0. The Bertz CT molecular complexity index is 687. The zero-order chi connectivity index (χ0) is 14.3. The quantitative estimate of drug-likeness (QED) is 0.852. The molecule has 0 amide bonds. The van der Waals surface area contributed by atoms with E-state index in [1.54, 1.807) is 0 Å². The first-order valence-electron chi connectivity index (χ1n) is 5.11. The Balaban J connectivity index is 2.47. The molecule has 0 saturated carbocycles. The van der Waals surface area contributed by atoms with E-state index in [4.69, 9.17) is 0 Å². The van der Waals surface area contributed by atoms with Crippen LogP contribution in [0.25, 0.3) is 5.69 Å². The lowest BCUT2D eigenvalue weighted by Gasteiger charge is -2.10. The molecule has 0 aliphatic heterocycles. The Morgan fingerprint density at radius 1 is 1.11 bits per heavy atom. The lowest BCUT2D eigenvalue weighted by Crippen LogP contribution is -2.13. The minimum atomic E-state index is -4.52. The number of rotatable bonds is 2. The van der Waals surface area contributed by atoms with Gasteiger partial charge in [0, 0.05) is 6.26 Å². The van der Waals surface area contributed by atoms with Crippen molar-refractivity contribution in [3.8, 4) is 5.69 Å². The zero-order valence-corrected chi connectivity index (χ0v) is 10.5. The van der Waals surface area contributed by atoms with Gasteiger partial charge in [-0.1, -0.05) is 0 Å². The van der Waals surface area contributed by atoms with Crippen LogP contribution in [0.2, 0.25) is 0 Å². The molecule has 0 N–H and O–H groups in total. The first-order chi connectivity index (χ1) is 8.69. The molecule has 4 nitrogen and oxygen atoms in total. The highest BCUT2D eigenvalue weighted by molar-refractivity contribution is 7.90. The van der Waals surface area contributed by atoms with Gasteiger partial charge in [-0.05, 0) is 30.3 Å². The van der Waals surface area contributed by atoms with E-state index >= 15 is 0 Å². The largest absolute Gasteiger partial charge is 0.433 e. The van der Waals surface area contributed by atoms with Crippen LogP contribution < -0.4 is 0 Å². The van der Waals surface area contributed by atoms with Crippen molar-refractivity contribution < 1.29 is 21.6 Å². The fraction of sp³-hybridized carbons (Fsp3) is 0.182. The zero-order valence-electron chi connectivity index (χ0n) is 9.72. The molecule has 0 bridgehead atoms. The first kappa shape index (κ1) is 13.6. The van der Waals surface area contributed by atoms with Gasteiger partial charge in [-0.15, -0.1) is 0 Å². The molecule has 19 heavy (non-hydrogen) atoms. The third-order valence-electron chi connectivity index (χ3n) is 2.44. The molecule has 1 aromatic heterocycles. The Kier molecular flexibility index (Phi) is 3.13. The van der Waals surface area contributed by atoms with Crippen molar-refractivity contribution in [2.24, 2.45) is 0 Å². The van der Waals surface area contributed by atoms with Crippen molar-refractivity contribution >= 4 is 9.84 Å². The number of hydrogen-bond donors (Lipinski definition) is 0. The Morgan fingerprint density at radius 2 is 1.68 bits per heavy atom. The van der Waals surface area contributed by atoms with E-state index in [-0.39, 0.29) is 10.6 Å². The molecule has 0 spiro atoms. The number of benzene rings is 1. The van der Waals surface area contributed by atoms with Gasteiger partial charge in [0.2, 0.25) is 0 Å². The van der Waals surface area contributed by atoms with Crippen LogP contribution in [-0.2, 0) is 16.0 Å². The highest BCUT2D eigenvalue weighted by atomic mass is 32.2. The molecule has 0 aliphatic carbocycles. The molecule has 102 valence electrons. The van der Waals surface area contributed by atoms with Crippen molar-refractivity contribution in [3.05, 3.63) is 42.2 Å². The molecule has 0 saturated heterocycles. The van der Waals surface area contributed by atoms with Crippen LogP contribution in [0.3, 0.4) is 0 Å². The van der Waals surface area contributed by atoms with Crippen LogP contribution in [0.5, 0.6) is 0 Å². The SMILES string of the molecule is CS(=O)(=O)c1ccc(-n2nccc2C(F)(F)F)cc1. The maximum Gasteiger partial charge on any atom is 0.433 e. The highest BCUT2D eigenvalue weighted by Crippen LogP contribution is 2.30. The maximum absolute atomic E-state index is 12.7.